The zero-order chi connectivity index (χ0) is 14.0. The van der Waals surface area contributed by atoms with Crippen LogP contribution >= 0.6 is 0 Å². The molecule has 1 fully saturated rings. The number of rotatable bonds is 4. The summed E-state index contributed by atoms with van der Waals surface area (Å²) in [6.07, 6.45) is 3.64. The van der Waals surface area contributed by atoms with Gasteiger partial charge in [0.15, 0.2) is 0 Å². The number of nitrogens with two attached hydrogens (primary N) is 1. The third-order valence-corrected chi connectivity index (χ3v) is 4.50. The molecule has 0 unspecified atom stereocenters. The molecule has 1 aliphatic rings. The molecule has 1 aromatic carbocycles. The predicted molar refractivity (Wildman–Crippen MR) is 73.1 cm³/mol. The van der Waals surface area contributed by atoms with Gasteiger partial charge >= 0.3 is 0 Å². The van der Waals surface area contributed by atoms with Crippen LogP contribution in [0.15, 0.2) is 23.1 Å². The Kier molecular flexibility index (Phi) is 3.78. The summed E-state index contributed by atoms with van der Waals surface area (Å²) in [5.41, 5.74) is 1.09. The van der Waals surface area contributed by atoms with Crippen LogP contribution in [0.2, 0.25) is 0 Å². The Morgan fingerprint density at radius 1 is 1.47 bits per heavy atom. The van der Waals surface area contributed by atoms with E-state index >= 15 is 0 Å². The topological polar surface area (TPSA) is 87.2 Å². The maximum absolute atomic E-state index is 11.4. The molecule has 102 valence electrons. The number of nitriles is 1. The summed E-state index contributed by atoms with van der Waals surface area (Å²) in [4.78, 5) is 1.99. The number of primary sulfonamides is 1. The van der Waals surface area contributed by atoms with Crippen molar-refractivity contribution in [1.29, 1.82) is 5.26 Å². The predicted octanol–water partition coefficient (Wildman–Crippen LogP) is 1.44. The van der Waals surface area contributed by atoms with Crippen molar-refractivity contribution < 1.29 is 8.42 Å². The van der Waals surface area contributed by atoms with Crippen LogP contribution in [-0.2, 0) is 10.0 Å². The van der Waals surface area contributed by atoms with E-state index in [0.717, 1.165) is 6.54 Å². The highest BCUT2D eigenvalue weighted by molar-refractivity contribution is 7.89. The van der Waals surface area contributed by atoms with Gasteiger partial charge in [0.2, 0.25) is 10.0 Å². The van der Waals surface area contributed by atoms with Gasteiger partial charge in [-0.05, 0) is 37.0 Å². The molecule has 0 aromatic heterocycles. The lowest BCUT2D eigenvalue weighted by Gasteiger charge is -2.31. The Bertz CT molecular complexity index is 615. The van der Waals surface area contributed by atoms with E-state index in [2.05, 4.69) is 6.07 Å². The number of sulfonamides is 1. The average Bonchev–Trinajstić information content (AvgIpc) is 2.31. The molecule has 19 heavy (non-hydrogen) atoms. The van der Waals surface area contributed by atoms with Crippen molar-refractivity contribution in [3.05, 3.63) is 23.8 Å². The largest absolute Gasteiger partial charge is 0.373 e. The van der Waals surface area contributed by atoms with Crippen molar-refractivity contribution in [3.8, 4) is 6.07 Å². The van der Waals surface area contributed by atoms with Gasteiger partial charge in [0.1, 0.15) is 6.07 Å². The summed E-state index contributed by atoms with van der Waals surface area (Å²) in [5, 5.41) is 14.2. The zero-order valence-corrected chi connectivity index (χ0v) is 11.7. The first kappa shape index (κ1) is 13.8. The van der Waals surface area contributed by atoms with E-state index in [1.165, 1.54) is 37.5 Å². The smallest absolute Gasteiger partial charge is 0.238 e. The second-order valence-corrected chi connectivity index (χ2v) is 6.57. The summed E-state index contributed by atoms with van der Waals surface area (Å²) in [6, 6.07) is 6.44. The third-order valence-electron chi connectivity index (χ3n) is 3.59. The Hall–Kier alpha value is -1.58. The highest BCUT2D eigenvalue weighted by Gasteiger charge is 2.21. The summed E-state index contributed by atoms with van der Waals surface area (Å²) in [7, 11) is -1.86. The lowest BCUT2D eigenvalue weighted by Crippen LogP contribution is -2.30. The fraction of sp³-hybridized carbons (Fsp3) is 0.462. The summed E-state index contributed by atoms with van der Waals surface area (Å²) in [5.74, 6) is 0.634. The highest BCUT2D eigenvalue weighted by Crippen LogP contribution is 2.30. The van der Waals surface area contributed by atoms with Crippen LogP contribution in [0.4, 0.5) is 5.69 Å². The van der Waals surface area contributed by atoms with Crippen molar-refractivity contribution in [2.75, 3.05) is 18.5 Å². The van der Waals surface area contributed by atoms with E-state index in [1.54, 1.807) is 0 Å². The molecule has 0 atom stereocenters. The number of hydrogen-bond donors (Lipinski definition) is 1. The Labute approximate surface area is 113 Å². The van der Waals surface area contributed by atoms with E-state index < -0.39 is 10.0 Å². The van der Waals surface area contributed by atoms with Crippen LogP contribution in [-0.4, -0.2) is 22.0 Å². The van der Waals surface area contributed by atoms with Crippen molar-refractivity contribution in [2.24, 2.45) is 11.1 Å². The molecule has 1 saturated carbocycles. The number of nitrogens with zero attached hydrogens (tertiary/aromatic N) is 2. The van der Waals surface area contributed by atoms with Gasteiger partial charge in [0, 0.05) is 13.6 Å². The Morgan fingerprint density at radius 2 is 2.16 bits per heavy atom. The maximum atomic E-state index is 11.4. The lowest BCUT2D eigenvalue weighted by molar-refractivity contribution is 0.321. The fourth-order valence-electron chi connectivity index (χ4n) is 2.26. The van der Waals surface area contributed by atoms with E-state index in [0.29, 0.717) is 17.2 Å². The maximum Gasteiger partial charge on any atom is 0.238 e. The number of anilines is 1. The normalized spacial score (nSPS) is 15.6. The van der Waals surface area contributed by atoms with Crippen molar-refractivity contribution in [2.45, 2.75) is 24.2 Å². The highest BCUT2D eigenvalue weighted by atomic mass is 32.2. The van der Waals surface area contributed by atoms with Crippen LogP contribution < -0.4 is 10.0 Å². The summed E-state index contributed by atoms with van der Waals surface area (Å²) < 4.78 is 22.7. The first-order valence-corrected chi connectivity index (χ1v) is 7.74. The molecule has 0 radical (unpaired) electrons. The van der Waals surface area contributed by atoms with Crippen LogP contribution in [0.3, 0.4) is 0 Å². The van der Waals surface area contributed by atoms with Gasteiger partial charge in [-0.2, -0.15) is 5.26 Å². The van der Waals surface area contributed by atoms with Gasteiger partial charge in [-0.15, -0.1) is 0 Å². The minimum atomic E-state index is -3.74. The minimum Gasteiger partial charge on any atom is -0.373 e. The molecular formula is C13H17N3O2S. The molecule has 1 aliphatic carbocycles. The molecule has 0 aliphatic heterocycles. The van der Waals surface area contributed by atoms with Crippen LogP contribution in [0.1, 0.15) is 24.8 Å². The first-order valence-electron chi connectivity index (χ1n) is 6.20. The Balaban J connectivity index is 2.33. The SMILES string of the molecule is CN(CC1CCC1)c1cc(S(N)(=O)=O)ccc1C#N. The molecule has 2 rings (SSSR count). The van der Waals surface area contributed by atoms with Crippen LogP contribution in [0.5, 0.6) is 0 Å². The van der Waals surface area contributed by atoms with Crippen molar-refractivity contribution >= 4 is 15.7 Å². The van der Waals surface area contributed by atoms with Crippen LogP contribution in [0, 0.1) is 17.2 Å². The minimum absolute atomic E-state index is 0.0435. The molecule has 5 nitrogen and oxygen atoms in total. The lowest BCUT2D eigenvalue weighted by atomic mass is 9.85. The molecule has 1 aromatic rings. The zero-order valence-electron chi connectivity index (χ0n) is 10.8. The molecule has 2 N–H and O–H groups in total. The van der Waals surface area contributed by atoms with E-state index in [1.807, 2.05) is 11.9 Å². The van der Waals surface area contributed by atoms with Gasteiger partial charge in [0.05, 0.1) is 16.1 Å². The second-order valence-electron chi connectivity index (χ2n) is 5.01. The molecule has 0 spiro atoms. The van der Waals surface area contributed by atoms with Gasteiger partial charge in [0.25, 0.3) is 0 Å². The van der Waals surface area contributed by atoms with E-state index in [9.17, 15) is 8.42 Å². The molecule has 6 heteroatoms. The average molecular weight is 279 g/mol. The first-order chi connectivity index (χ1) is 8.91. The monoisotopic (exact) mass is 279 g/mol. The number of benzene rings is 1. The second kappa shape index (κ2) is 5.19. The fourth-order valence-corrected chi connectivity index (χ4v) is 2.79. The molecule has 0 saturated heterocycles. The van der Waals surface area contributed by atoms with E-state index in [-0.39, 0.29) is 4.90 Å². The Morgan fingerprint density at radius 3 is 2.63 bits per heavy atom. The van der Waals surface area contributed by atoms with Gasteiger partial charge in [-0.1, -0.05) is 6.42 Å². The molecular weight excluding hydrogens is 262 g/mol. The van der Waals surface area contributed by atoms with Gasteiger partial charge in [-0.25, -0.2) is 13.6 Å². The van der Waals surface area contributed by atoms with E-state index in [4.69, 9.17) is 10.4 Å². The van der Waals surface area contributed by atoms with Gasteiger partial charge < -0.3 is 4.90 Å². The third kappa shape index (κ3) is 3.06. The molecule has 0 bridgehead atoms. The summed E-state index contributed by atoms with van der Waals surface area (Å²) in [6.45, 7) is 0.836. The molecule has 0 heterocycles. The van der Waals surface area contributed by atoms with Crippen molar-refractivity contribution in [1.82, 2.24) is 0 Å². The quantitative estimate of drug-likeness (QED) is 0.903. The van der Waals surface area contributed by atoms with Crippen LogP contribution in [0.25, 0.3) is 0 Å². The molecule has 0 amide bonds. The van der Waals surface area contributed by atoms with Crippen molar-refractivity contribution in [3.63, 3.8) is 0 Å². The van der Waals surface area contributed by atoms with Gasteiger partial charge in [-0.3, -0.25) is 0 Å². The standard InChI is InChI=1S/C13H17N3O2S/c1-16(9-10-3-2-4-10)13-7-12(19(15,17)18)6-5-11(13)8-14/h5-7,10H,2-4,9H2,1H3,(H2,15,17,18). The summed E-state index contributed by atoms with van der Waals surface area (Å²) >= 11 is 0. The number of hydrogen-bond acceptors (Lipinski definition) is 4.